The van der Waals surface area contributed by atoms with E-state index in [4.69, 9.17) is 10.5 Å². The van der Waals surface area contributed by atoms with Gasteiger partial charge in [0.2, 0.25) is 0 Å². The summed E-state index contributed by atoms with van der Waals surface area (Å²) in [7, 11) is 0. The molecule has 0 aliphatic rings. The van der Waals surface area contributed by atoms with Gasteiger partial charge in [-0.25, -0.2) is 0 Å². The molecule has 2 rings (SSSR count). The number of benzene rings is 2. The van der Waals surface area contributed by atoms with Crippen LogP contribution in [0.3, 0.4) is 0 Å². The second-order valence-electron chi connectivity index (χ2n) is 5.21. The normalized spacial score (nSPS) is 12.2. The van der Waals surface area contributed by atoms with Crippen molar-refractivity contribution in [3.05, 3.63) is 64.7 Å². The van der Waals surface area contributed by atoms with Crippen molar-refractivity contribution in [1.29, 1.82) is 0 Å². The van der Waals surface area contributed by atoms with Crippen LogP contribution in [-0.2, 0) is 6.42 Å². The van der Waals surface area contributed by atoms with Gasteiger partial charge in [-0.1, -0.05) is 48.9 Å². The molecule has 0 spiro atoms. The molecular formula is C18H23NO. The molecule has 20 heavy (non-hydrogen) atoms. The monoisotopic (exact) mass is 269 g/mol. The van der Waals surface area contributed by atoms with Gasteiger partial charge >= 0.3 is 0 Å². The minimum atomic E-state index is -0.0951. The van der Waals surface area contributed by atoms with E-state index in [1.54, 1.807) is 0 Å². The van der Waals surface area contributed by atoms with Crippen molar-refractivity contribution in [3.8, 4) is 5.75 Å². The molecule has 0 amide bonds. The fourth-order valence-electron chi connectivity index (χ4n) is 2.31. The molecule has 0 saturated heterocycles. The minimum Gasteiger partial charge on any atom is -0.484 e. The maximum atomic E-state index is 6.08. The van der Waals surface area contributed by atoms with E-state index >= 15 is 0 Å². The minimum absolute atomic E-state index is 0.0951. The summed E-state index contributed by atoms with van der Waals surface area (Å²) in [6.45, 7) is 6.77. The maximum Gasteiger partial charge on any atom is 0.136 e. The van der Waals surface area contributed by atoms with Crippen LogP contribution in [0, 0.1) is 13.8 Å². The molecule has 2 aromatic rings. The number of rotatable bonds is 5. The van der Waals surface area contributed by atoms with E-state index in [1.807, 2.05) is 6.07 Å². The molecular weight excluding hydrogens is 246 g/mol. The van der Waals surface area contributed by atoms with Crippen LogP contribution in [0.4, 0.5) is 0 Å². The van der Waals surface area contributed by atoms with Crippen molar-refractivity contribution in [1.82, 2.24) is 0 Å². The lowest BCUT2D eigenvalue weighted by Gasteiger charge is -2.19. The predicted octanol–water partition coefficient (Wildman–Crippen LogP) is 3.94. The fourth-order valence-corrected chi connectivity index (χ4v) is 2.31. The number of nitrogens with two attached hydrogens (primary N) is 1. The largest absolute Gasteiger partial charge is 0.484 e. The molecule has 0 saturated carbocycles. The topological polar surface area (TPSA) is 35.2 Å². The van der Waals surface area contributed by atoms with E-state index in [0.29, 0.717) is 6.54 Å². The zero-order valence-electron chi connectivity index (χ0n) is 12.5. The first-order chi connectivity index (χ1) is 9.63. The summed E-state index contributed by atoms with van der Waals surface area (Å²) in [5, 5.41) is 0. The Balaban J connectivity index is 2.19. The highest BCUT2D eigenvalue weighted by Gasteiger charge is 2.12. The van der Waals surface area contributed by atoms with E-state index in [9.17, 15) is 0 Å². The van der Waals surface area contributed by atoms with Gasteiger partial charge in [0.25, 0.3) is 0 Å². The molecule has 1 unspecified atom stereocenters. The van der Waals surface area contributed by atoms with Gasteiger partial charge in [0.15, 0.2) is 0 Å². The van der Waals surface area contributed by atoms with Crippen molar-refractivity contribution >= 4 is 0 Å². The van der Waals surface area contributed by atoms with Gasteiger partial charge < -0.3 is 10.5 Å². The summed E-state index contributed by atoms with van der Waals surface area (Å²) in [6.07, 6.45) is 0.952. The maximum absolute atomic E-state index is 6.08. The predicted molar refractivity (Wildman–Crippen MR) is 84.2 cm³/mol. The summed E-state index contributed by atoms with van der Waals surface area (Å²) >= 11 is 0. The van der Waals surface area contributed by atoms with Gasteiger partial charge in [-0.05, 0) is 43.0 Å². The second kappa shape index (κ2) is 6.58. The lowest BCUT2D eigenvalue weighted by Crippen LogP contribution is -2.18. The van der Waals surface area contributed by atoms with Crippen LogP contribution >= 0.6 is 0 Å². The summed E-state index contributed by atoms with van der Waals surface area (Å²) < 4.78 is 6.08. The fraction of sp³-hybridized carbons (Fsp3) is 0.333. The lowest BCUT2D eigenvalue weighted by molar-refractivity contribution is 0.212. The van der Waals surface area contributed by atoms with E-state index < -0.39 is 0 Å². The Bertz CT molecular complexity index is 560. The van der Waals surface area contributed by atoms with Gasteiger partial charge in [-0.2, -0.15) is 0 Å². The molecule has 0 aromatic heterocycles. The molecule has 0 fully saturated rings. The van der Waals surface area contributed by atoms with Gasteiger partial charge in [-0.15, -0.1) is 0 Å². The summed E-state index contributed by atoms with van der Waals surface area (Å²) in [6, 6.07) is 14.7. The highest BCUT2D eigenvalue weighted by molar-refractivity contribution is 5.36. The van der Waals surface area contributed by atoms with Crippen LogP contribution in [0.25, 0.3) is 0 Å². The quantitative estimate of drug-likeness (QED) is 0.892. The summed E-state index contributed by atoms with van der Waals surface area (Å²) in [4.78, 5) is 0. The van der Waals surface area contributed by atoms with E-state index in [1.165, 1.54) is 11.1 Å². The van der Waals surface area contributed by atoms with Crippen LogP contribution in [-0.4, -0.2) is 6.54 Å². The van der Waals surface area contributed by atoms with Crippen molar-refractivity contribution in [2.24, 2.45) is 5.73 Å². The van der Waals surface area contributed by atoms with Crippen LogP contribution in [0.5, 0.6) is 5.75 Å². The number of aryl methyl sites for hydroxylation is 3. The van der Waals surface area contributed by atoms with Crippen molar-refractivity contribution in [2.45, 2.75) is 33.3 Å². The van der Waals surface area contributed by atoms with Crippen molar-refractivity contribution in [2.75, 3.05) is 6.54 Å². The zero-order valence-corrected chi connectivity index (χ0v) is 12.5. The number of hydrogen-bond acceptors (Lipinski definition) is 2. The van der Waals surface area contributed by atoms with Crippen LogP contribution in [0.1, 0.15) is 35.3 Å². The van der Waals surface area contributed by atoms with Crippen molar-refractivity contribution in [3.63, 3.8) is 0 Å². The van der Waals surface area contributed by atoms with Crippen LogP contribution in [0.2, 0.25) is 0 Å². The third kappa shape index (κ3) is 3.40. The third-order valence-electron chi connectivity index (χ3n) is 3.57. The Hall–Kier alpha value is -1.80. The standard InChI is InChI=1S/C18H23NO/c1-4-15-6-8-16(9-7-15)18(12-19)20-17-10-5-13(2)11-14(17)3/h5-11,18H,4,12,19H2,1-3H3. The molecule has 0 heterocycles. The average molecular weight is 269 g/mol. The van der Waals surface area contributed by atoms with Crippen LogP contribution in [0.15, 0.2) is 42.5 Å². The second-order valence-corrected chi connectivity index (χ2v) is 5.21. The van der Waals surface area contributed by atoms with E-state index in [0.717, 1.165) is 23.3 Å². The SMILES string of the molecule is CCc1ccc(C(CN)Oc2ccc(C)cc2C)cc1. The molecule has 2 nitrogen and oxygen atoms in total. The number of hydrogen-bond donors (Lipinski definition) is 1. The molecule has 0 bridgehead atoms. The molecule has 0 aliphatic heterocycles. The molecule has 0 aliphatic carbocycles. The van der Waals surface area contributed by atoms with Crippen LogP contribution < -0.4 is 10.5 Å². The van der Waals surface area contributed by atoms with E-state index in [2.05, 4.69) is 57.2 Å². The first-order valence-electron chi connectivity index (χ1n) is 7.17. The van der Waals surface area contributed by atoms with Gasteiger partial charge in [0.05, 0.1) is 0 Å². The summed E-state index contributed by atoms with van der Waals surface area (Å²) in [5.41, 5.74) is 10.7. The summed E-state index contributed by atoms with van der Waals surface area (Å²) in [5.74, 6) is 0.908. The van der Waals surface area contributed by atoms with Gasteiger partial charge in [0.1, 0.15) is 11.9 Å². The Kier molecular flexibility index (Phi) is 4.80. The molecule has 1 atom stereocenters. The molecule has 2 N–H and O–H groups in total. The van der Waals surface area contributed by atoms with Crippen molar-refractivity contribution < 1.29 is 4.74 Å². The Morgan fingerprint density at radius 1 is 1.05 bits per heavy atom. The zero-order chi connectivity index (χ0) is 14.5. The smallest absolute Gasteiger partial charge is 0.136 e. The Morgan fingerprint density at radius 3 is 2.30 bits per heavy atom. The first kappa shape index (κ1) is 14.6. The number of ether oxygens (including phenoxy) is 1. The third-order valence-corrected chi connectivity index (χ3v) is 3.57. The van der Waals surface area contributed by atoms with Gasteiger partial charge in [-0.3, -0.25) is 0 Å². The average Bonchev–Trinajstić information content (AvgIpc) is 2.47. The highest BCUT2D eigenvalue weighted by atomic mass is 16.5. The lowest BCUT2D eigenvalue weighted by atomic mass is 10.1. The highest BCUT2D eigenvalue weighted by Crippen LogP contribution is 2.25. The molecule has 2 heteroatoms. The van der Waals surface area contributed by atoms with E-state index in [-0.39, 0.29) is 6.10 Å². The molecule has 106 valence electrons. The Labute approximate surface area is 121 Å². The Morgan fingerprint density at radius 2 is 1.75 bits per heavy atom. The molecule has 0 radical (unpaired) electrons. The molecule has 2 aromatic carbocycles. The first-order valence-corrected chi connectivity index (χ1v) is 7.17. The van der Waals surface area contributed by atoms with Gasteiger partial charge in [0, 0.05) is 6.54 Å².